The highest BCUT2D eigenvalue weighted by atomic mass is 16.5. The van der Waals surface area contributed by atoms with Gasteiger partial charge < -0.3 is 15.2 Å². The molecule has 1 aromatic rings. The quantitative estimate of drug-likeness (QED) is 0.826. The van der Waals surface area contributed by atoms with E-state index in [0.717, 1.165) is 25.7 Å². The summed E-state index contributed by atoms with van der Waals surface area (Å²) in [5.41, 5.74) is 0.412. The molecule has 1 heterocycles. The average Bonchev–Trinajstić information content (AvgIpc) is 2.69. The van der Waals surface area contributed by atoms with Crippen molar-refractivity contribution in [1.29, 1.82) is 0 Å². The molecule has 1 saturated carbocycles. The number of nitrogens with one attached hydrogen (secondary N) is 1. The Hall–Kier alpha value is -1.53. The fraction of sp³-hybridized carbons (Fsp3) is 0.688. The summed E-state index contributed by atoms with van der Waals surface area (Å²) in [5, 5.41) is 13.2. The van der Waals surface area contributed by atoms with E-state index in [1.807, 2.05) is 13.8 Å². The summed E-state index contributed by atoms with van der Waals surface area (Å²) < 4.78 is 5.32. The molecule has 2 rings (SSSR count). The van der Waals surface area contributed by atoms with Crippen LogP contribution in [0.25, 0.3) is 0 Å². The van der Waals surface area contributed by atoms with Gasteiger partial charge in [0.25, 0.3) is 5.91 Å². The zero-order valence-corrected chi connectivity index (χ0v) is 13.5. The van der Waals surface area contributed by atoms with E-state index in [9.17, 15) is 9.90 Å². The van der Waals surface area contributed by atoms with E-state index >= 15 is 0 Å². The summed E-state index contributed by atoms with van der Waals surface area (Å²) in [6.07, 6.45) is 5.68. The molecule has 1 amide bonds. The van der Waals surface area contributed by atoms with Crippen molar-refractivity contribution in [3.05, 3.63) is 23.8 Å². The zero-order valence-electron chi connectivity index (χ0n) is 13.5. The topological polar surface area (TPSA) is 84.3 Å². The highest BCUT2D eigenvalue weighted by Crippen LogP contribution is 2.21. The maximum Gasteiger partial charge on any atom is 0.254 e. The minimum atomic E-state index is -0.688. The number of amides is 1. The monoisotopic (exact) mass is 307 g/mol. The van der Waals surface area contributed by atoms with Crippen molar-refractivity contribution in [1.82, 2.24) is 15.3 Å². The molecule has 3 atom stereocenters. The molecular formula is C16H25N3O3. The van der Waals surface area contributed by atoms with Crippen LogP contribution in [-0.2, 0) is 4.74 Å². The molecule has 6 heteroatoms. The summed E-state index contributed by atoms with van der Waals surface area (Å²) in [5.74, 6) is 0.685. The first-order valence-corrected chi connectivity index (χ1v) is 7.86. The van der Waals surface area contributed by atoms with Gasteiger partial charge in [-0.05, 0) is 12.8 Å². The molecule has 0 saturated heterocycles. The number of aromatic nitrogens is 2. The molecule has 6 nitrogen and oxygen atoms in total. The highest BCUT2D eigenvalue weighted by molar-refractivity contribution is 5.93. The lowest BCUT2D eigenvalue weighted by Gasteiger charge is -2.27. The van der Waals surface area contributed by atoms with E-state index in [1.165, 1.54) is 12.4 Å². The van der Waals surface area contributed by atoms with Crippen molar-refractivity contribution >= 4 is 5.91 Å². The van der Waals surface area contributed by atoms with Gasteiger partial charge in [-0.15, -0.1) is 0 Å². The normalized spacial score (nSPS) is 25.8. The van der Waals surface area contributed by atoms with E-state index in [4.69, 9.17) is 4.74 Å². The summed E-state index contributed by atoms with van der Waals surface area (Å²) in [7, 11) is 1.59. The summed E-state index contributed by atoms with van der Waals surface area (Å²) >= 11 is 0. The molecule has 0 aliphatic heterocycles. The third kappa shape index (κ3) is 4.01. The SMILES string of the molecule is CO[C@@H]1CCCC[C@@H](NC(=O)c2cnc(C(C)C)nc2)[C@H]1O. The van der Waals surface area contributed by atoms with Gasteiger partial charge in [-0.1, -0.05) is 26.7 Å². The van der Waals surface area contributed by atoms with E-state index in [1.54, 1.807) is 7.11 Å². The van der Waals surface area contributed by atoms with Gasteiger partial charge in [-0.2, -0.15) is 0 Å². The van der Waals surface area contributed by atoms with Gasteiger partial charge in [0.2, 0.25) is 0 Å². The van der Waals surface area contributed by atoms with Crippen LogP contribution in [0.3, 0.4) is 0 Å². The Labute approximate surface area is 131 Å². The number of carbonyl (C=O) groups excluding carboxylic acids is 1. The lowest BCUT2D eigenvalue weighted by atomic mass is 10.0. The van der Waals surface area contributed by atoms with Crippen LogP contribution in [0.5, 0.6) is 0 Å². The maximum atomic E-state index is 12.3. The van der Waals surface area contributed by atoms with Gasteiger partial charge in [0, 0.05) is 25.4 Å². The van der Waals surface area contributed by atoms with Crippen LogP contribution in [-0.4, -0.2) is 46.3 Å². The van der Waals surface area contributed by atoms with Crippen LogP contribution < -0.4 is 5.32 Å². The number of aliphatic hydroxyl groups excluding tert-OH is 1. The predicted octanol–water partition coefficient (Wildman–Crippen LogP) is 1.65. The Balaban J connectivity index is 2.03. The van der Waals surface area contributed by atoms with Gasteiger partial charge in [-0.3, -0.25) is 4.79 Å². The van der Waals surface area contributed by atoms with E-state index in [0.29, 0.717) is 11.4 Å². The van der Waals surface area contributed by atoms with Gasteiger partial charge in [-0.25, -0.2) is 9.97 Å². The maximum absolute atomic E-state index is 12.3. The molecule has 1 aliphatic rings. The molecule has 0 aromatic carbocycles. The van der Waals surface area contributed by atoms with Crippen molar-refractivity contribution in [2.75, 3.05) is 7.11 Å². The first kappa shape index (κ1) is 16.8. The number of methoxy groups -OCH3 is 1. The first-order chi connectivity index (χ1) is 10.5. The number of hydrogen-bond donors (Lipinski definition) is 2. The van der Waals surface area contributed by atoms with Gasteiger partial charge in [0.15, 0.2) is 0 Å². The van der Waals surface area contributed by atoms with Crippen LogP contribution in [0, 0.1) is 0 Å². The molecule has 1 aliphatic carbocycles. The minimum absolute atomic E-state index is 0.225. The van der Waals surface area contributed by atoms with Crippen LogP contribution in [0.4, 0.5) is 0 Å². The number of aliphatic hydroxyl groups is 1. The molecule has 0 bridgehead atoms. The third-order valence-electron chi connectivity index (χ3n) is 4.12. The lowest BCUT2D eigenvalue weighted by Crippen LogP contribution is -2.48. The summed E-state index contributed by atoms with van der Waals surface area (Å²) in [6, 6.07) is -0.301. The average molecular weight is 307 g/mol. The first-order valence-electron chi connectivity index (χ1n) is 7.86. The summed E-state index contributed by atoms with van der Waals surface area (Å²) in [6.45, 7) is 4.00. The van der Waals surface area contributed by atoms with Gasteiger partial charge in [0.1, 0.15) is 11.9 Å². The van der Waals surface area contributed by atoms with Crippen molar-refractivity contribution in [3.63, 3.8) is 0 Å². The van der Waals surface area contributed by atoms with Gasteiger partial charge >= 0.3 is 0 Å². The second kappa shape index (κ2) is 7.65. The Morgan fingerprint density at radius 1 is 1.32 bits per heavy atom. The van der Waals surface area contributed by atoms with Crippen molar-refractivity contribution < 1.29 is 14.6 Å². The van der Waals surface area contributed by atoms with E-state index < -0.39 is 6.10 Å². The second-order valence-electron chi connectivity index (χ2n) is 6.11. The third-order valence-corrected chi connectivity index (χ3v) is 4.12. The molecule has 0 unspecified atom stereocenters. The molecule has 122 valence electrons. The van der Waals surface area contributed by atoms with Crippen LogP contribution >= 0.6 is 0 Å². The molecule has 1 aromatic heterocycles. The zero-order chi connectivity index (χ0) is 16.1. The fourth-order valence-electron chi connectivity index (χ4n) is 2.73. The molecule has 2 N–H and O–H groups in total. The van der Waals surface area contributed by atoms with E-state index in [-0.39, 0.29) is 24.0 Å². The lowest BCUT2D eigenvalue weighted by molar-refractivity contribution is -0.0277. The largest absolute Gasteiger partial charge is 0.388 e. The molecule has 22 heavy (non-hydrogen) atoms. The number of nitrogens with zero attached hydrogens (tertiary/aromatic N) is 2. The standard InChI is InChI=1S/C16H25N3O3/c1-10(2)15-17-8-11(9-18-15)16(21)19-12-6-4-5-7-13(22-3)14(12)20/h8-10,12-14,20H,4-7H2,1-3H3,(H,19,21)/t12-,13-,14-/m1/s1. The highest BCUT2D eigenvalue weighted by Gasteiger charge is 2.31. The van der Waals surface area contributed by atoms with Crippen LogP contribution in [0.2, 0.25) is 0 Å². The van der Waals surface area contributed by atoms with E-state index in [2.05, 4.69) is 15.3 Å². The minimum Gasteiger partial charge on any atom is -0.388 e. The Bertz CT molecular complexity index is 490. The second-order valence-corrected chi connectivity index (χ2v) is 6.11. The van der Waals surface area contributed by atoms with Crippen molar-refractivity contribution in [2.45, 2.75) is 63.7 Å². The number of carbonyl (C=O) groups is 1. The Morgan fingerprint density at radius 3 is 2.55 bits per heavy atom. The molecule has 0 radical (unpaired) electrons. The molecule has 1 fully saturated rings. The molecule has 0 spiro atoms. The number of hydrogen-bond acceptors (Lipinski definition) is 5. The Morgan fingerprint density at radius 2 is 1.95 bits per heavy atom. The van der Waals surface area contributed by atoms with Gasteiger partial charge in [0.05, 0.1) is 17.7 Å². The van der Waals surface area contributed by atoms with Crippen molar-refractivity contribution in [3.8, 4) is 0 Å². The molecular weight excluding hydrogens is 282 g/mol. The smallest absolute Gasteiger partial charge is 0.254 e. The Kier molecular flexibility index (Phi) is 5.85. The predicted molar refractivity (Wildman–Crippen MR) is 82.6 cm³/mol. The van der Waals surface area contributed by atoms with Crippen LogP contribution in [0.1, 0.15) is 61.6 Å². The fourth-order valence-corrected chi connectivity index (χ4v) is 2.73. The van der Waals surface area contributed by atoms with Crippen molar-refractivity contribution in [2.24, 2.45) is 0 Å². The summed E-state index contributed by atoms with van der Waals surface area (Å²) in [4.78, 5) is 20.7. The number of rotatable bonds is 4. The van der Waals surface area contributed by atoms with Crippen LogP contribution in [0.15, 0.2) is 12.4 Å². The number of ether oxygens (including phenoxy) is 1.